The van der Waals surface area contributed by atoms with E-state index in [-0.39, 0.29) is 28.8 Å². The number of hydrogen-bond donors (Lipinski definition) is 2. The number of hydrogen-bond acceptors (Lipinski definition) is 5. The normalized spacial score (nSPS) is 32.1. The summed E-state index contributed by atoms with van der Waals surface area (Å²) in [5.74, 6) is 0.417. The van der Waals surface area contributed by atoms with Gasteiger partial charge in [0.2, 0.25) is 0 Å². The van der Waals surface area contributed by atoms with Gasteiger partial charge in [-0.15, -0.1) is 0 Å². The Hall–Kier alpha value is -1.66. The van der Waals surface area contributed by atoms with E-state index in [1.54, 1.807) is 13.0 Å². The molecule has 4 unspecified atom stereocenters. The topological polar surface area (TPSA) is 90.4 Å². The van der Waals surface area contributed by atoms with Gasteiger partial charge in [0.1, 0.15) is 0 Å². The van der Waals surface area contributed by atoms with Crippen molar-refractivity contribution in [2.24, 2.45) is 11.7 Å². The molecule has 4 atom stereocenters. The number of anilines is 1. The van der Waals surface area contributed by atoms with E-state index in [1.165, 1.54) is 6.07 Å². The average Bonchev–Trinajstić information content (AvgIpc) is 2.45. The Morgan fingerprint density at radius 3 is 3.05 bits per heavy atom. The Labute approximate surface area is 117 Å². The molecule has 1 heterocycles. The average molecular weight is 277 g/mol. The van der Waals surface area contributed by atoms with E-state index in [0.717, 1.165) is 25.1 Å². The first-order valence-corrected chi connectivity index (χ1v) is 6.97. The molecule has 1 aliphatic heterocycles. The van der Waals surface area contributed by atoms with Crippen molar-refractivity contribution in [1.82, 2.24) is 0 Å². The molecule has 20 heavy (non-hydrogen) atoms. The van der Waals surface area contributed by atoms with Gasteiger partial charge in [0.05, 0.1) is 17.1 Å². The summed E-state index contributed by atoms with van der Waals surface area (Å²) in [5.41, 5.74) is 7.74. The van der Waals surface area contributed by atoms with Gasteiger partial charge in [-0.25, -0.2) is 0 Å². The molecule has 6 nitrogen and oxygen atoms in total. The predicted molar refractivity (Wildman–Crippen MR) is 75.7 cm³/mol. The van der Waals surface area contributed by atoms with Crippen molar-refractivity contribution < 1.29 is 9.66 Å². The van der Waals surface area contributed by atoms with Crippen LogP contribution in [0.15, 0.2) is 18.2 Å². The number of nitro benzene ring substituents is 1. The van der Waals surface area contributed by atoms with E-state index in [9.17, 15) is 10.1 Å². The zero-order chi connectivity index (χ0) is 14.3. The highest BCUT2D eigenvalue weighted by Crippen LogP contribution is 2.39. The molecule has 108 valence electrons. The van der Waals surface area contributed by atoms with Gasteiger partial charge < -0.3 is 15.8 Å². The maximum absolute atomic E-state index is 11.0. The van der Waals surface area contributed by atoms with Gasteiger partial charge in [-0.1, -0.05) is 6.07 Å². The van der Waals surface area contributed by atoms with Crippen molar-refractivity contribution in [2.75, 3.05) is 11.9 Å². The minimum atomic E-state index is -0.360. The lowest BCUT2D eigenvalue weighted by molar-refractivity contribution is -0.385. The Bertz CT molecular complexity index is 534. The van der Waals surface area contributed by atoms with Crippen LogP contribution in [0.3, 0.4) is 0 Å². The maximum atomic E-state index is 11.0. The van der Waals surface area contributed by atoms with Crippen LogP contribution in [-0.2, 0) is 4.74 Å². The highest BCUT2D eigenvalue weighted by Gasteiger charge is 2.50. The van der Waals surface area contributed by atoms with Crippen molar-refractivity contribution in [2.45, 2.75) is 38.0 Å². The Morgan fingerprint density at radius 1 is 1.50 bits per heavy atom. The zero-order valence-electron chi connectivity index (χ0n) is 11.4. The van der Waals surface area contributed by atoms with E-state index in [0.29, 0.717) is 11.5 Å². The lowest BCUT2D eigenvalue weighted by Gasteiger charge is -2.52. The molecule has 6 heteroatoms. The molecule has 3 N–H and O–H groups in total. The molecular weight excluding hydrogens is 258 g/mol. The fourth-order valence-corrected chi connectivity index (χ4v) is 3.28. The first-order valence-electron chi connectivity index (χ1n) is 6.97. The standard InChI is InChI=1S/C14H19N3O3/c1-8-10(5-2-6-11(8)17(18)19)16-13-12(15)9-4-3-7-20-14(9)13/h2,5-6,9,12-14,16H,3-4,7,15H2,1H3. The van der Waals surface area contributed by atoms with E-state index in [1.807, 2.05) is 6.07 Å². The quantitative estimate of drug-likeness (QED) is 0.649. The monoisotopic (exact) mass is 277 g/mol. The summed E-state index contributed by atoms with van der Waals surface area (Å²) < 4.78 is 5.77. The number of nitro groups is 1. The summed E-state index contributed by atoms with van der Waals surface area (Å²) >= 11 is 0. The summed E-state index contributed by atoms with van der Waals surface area (Å²) in [4.78, 5) is 10.6. The fraction of sp³-hybridized carbons (Fsp3) is 0.571. The van der Waals surface area contributed by atoms with Gasteiger partial charge in [-0.2, -0.15) is 0 Å². The second-order valence-corrected chi connectivity index (χ2v) is 5.60. The molecule has 2 fully saturated rings. The minimum absolute atomic E-state index is 0.0426. The summed E-state index contributed by atoms with van der Waals surface area (Å²) in [6.45, 7) is 2.53. The maximum Gasteiger partial charge on any atom is 0.274 e. The molecule has 1 aromatic rings. The van der Waals surface area contributed by atoms with Gasteiger partial charge >= 0.3 is 0 Å². The SMILES string of the molecule is Cc1c(NC2C(N)C3CCCOC32)cccc1[N+](=O)[O-]. The first-order chi connectivity index (χ1) is 9.59. The number of fused-ring (bicyclic) bond motifs is 1. The number of ether oxygens (including phenoxy) is 1. The smallest absolute Gasteiger partial charge is 0.274 e. The van der Waals surface area contributed by atoms with Crippen molar-refractivity contribution in [3.8, 4) is 0 Å². The number of nitrogens with one attached hydrogen (secondary N) is 1. The molecule has 0 amide bonds. The highest BCUT2D eigenvalue weighted by molar-refractivity contribution is 5.60. The Balaban J connectivity index is 1.78. The number of rotatable bonds is 3. The summed E-state index contributed by atoms with van der Waals surface area (Å²) in [6, 6.07) is 5.16. The van der Waals surface area contributed by atoms with Crippen molar-refractivity contribution in [3.63, 3.8) is 0 Å². The molecule has 1 saturated carbocycles. The molecule has 2 aliphatic rings. The second-order valence-electron chi connectivity index (χ2n) is 5.60. The van der Waals surface area contributed by atoms with Crippen LogP contribution >= 0.6 is 0 Å². The van der Waals surface area contributed by atoms with Crippen molar-refractivity contribution in [3.05, 3.63) is 33.9 Å². The van der Waals surface area contributed by atoms with Crippen LogP contribution in [0.2, 0.25) is 0 Å². The third kappa shape index (κ3) is 2.05. The third-order valence-corrected chi connectivity index (χ3v) is 4.50. The largest absolute Gasteiger partial charge is 0.378 e. The predicted octanol–water partition coefficient (Wildman–Crippen LogP) is 1.82. The van der Waals surface area contributed by atoms with Crippen LogP contribution in [0.5, 0.6) is 0 Å². The summed E-state index contributed by atoms with van der Waals surface area (Å²) in [5, 5.41) is 14.3. The van der Waals surface area contributed by atoms with Gasteiger partial charge in [-0.05, 0) is 25.8 Å². The van der Waals surface area contributed by atoms with Crippen molar-refractivity contribution >= 4 is 11.4 Å². The highest BCUT2D eigenvalue weighted by atomic mass is 16.6. The van der Waals surface area contributed by atoms with Crippen LogP contribution in [-0.4, -0.2) is 29.7 Å². The fourth-order valence-electron chi connectivity index (χ4n) is 3.28. The van der Waals surface area contributed by atoms with Crippen molar-refractivity contribution in [1.29, 1.82) is 0 Å². The first kappa shape index (κ1) is 13.3. The Kier molecular flexibility index (Phi) is 3.35. The van der Waals surface area contributed by atoms with Gasteiger partial charge in [0, 0.05) is 35.9 Å². The molecule has 1 aromatic carbocycles. The number of nitrogens with two attached hydrogens (primary N) is 1. The third-order valence-electron chi connectivity index (χ3n) is 4.50. The van der Waals surface area contributed by atoms with Crippen LogP contribution in [0.25, 0.3) is 0 Å². The molecular formula is C14H19N3O3. The molecule has 1 aliphatic carbocycles. The van der Waals surface area contributed by atoms with E-state index >= 15 is 0 Å². The van der Waals surface area contributed by atoms with Gasteiger partial charge in [-0.3, -0.25) is 10.1 Å². The summed E-state index contributed by atoms with van der Waals surface area (Å²) in [7, 11) is 0. The molecule has 3 rings (SSSR count). The number of nitrogens with zero attached hydrogens (tertiary/aromatic N) is 1. The summed E-state index contributed by atoms with van der Waals surface area (Å²) in [6.07, 6.45) is 2.31. The molecule has 0 radical (unpaired) electrons. The molecule has 0 bridgehead atoms. The number of benzene rings is 1. The molecule has 0 aromatic heterocycles. The second kappa shape index (κ2) is 5.03. The van der Waals surface area contributed by atoms with Crippen LogP contribution in [0, 0.1) is 23.0 Å². The van der Waals surface area contributed by atoms with Crippen LogP contribution < -0.4 is 11.1 Å². The van der Waals surface area contributed by atoms with Crippen LogP contribution in [0.1, 0.15) is 18.4 Å². The van der Waals surface area contributed by atoms with Gasteiger partial charge in [0.15, 0.2) is 0 Å². The van der Waals surface area contributed by atoms with E-state index in [2.05, 4.69) is 5.32 Å². The molecule has 0 spiro atoms. The van der Waals surface area contributed by atoms with Crippen LogP contribution in [0.4, 0.5) is 11.4 Å². The lowest BCUT2D eigenvalue weighted by Crippen LogP contribution is -2.69. The lowest BCUT2D eigenvalue weighted by atomic mass is 9.68. The Morgan fingerprint density at radius 2 is 2.30 bits per heavy atom. The van der Waals surface area contributed by atoms with Gasteiger partial charge in [0.25, 0.3) is 5.69 Å². The zero-order valence-corrected chi connectivity index (χ0v) is 11.4. The van der Waals surface area contributed by atoms with E-state index < -0.39 is 0 Å². The molecule has 1 saturated heterocycles. The van der Waals surface area contributed by atoms with E-state index in [4.69, 9.17) is 10.5 Å². The minimum Gasteiger partial charge on any atom is -0.378 e.